The van der Waals surface area contributed by atoms with Gasteiger partial charge in [-0.3, -0.25) is 0 Å². The molecule has 0 saturated carbocycles. The van der Waals surface area contributed by atoms with Crippen molar-refractivity contribution in [3.8, 4) is 5.75 Å². The van der Waals surface area contributed by atoms with E-state index < -0.39 is 10.1 Å². The molecule has 0 N–H and O–H groups in total. The van der Waals surface area contributed by atoms with E-state index in [4.69, 9.17) is 4.18 Å². The summed E-state index contributed by atoms with van der Waals surface area (Å²) in [5.41, 5.74) is 0. The van der Waals surface area contributed by atoms with Crippen molar-refractivity contribution in [2.45, 2.75) is 39.5 Å². The van der Waals surface area contributed by atoms with Gasteiger partial charge in [0, 0.05) is 5.39 Å². The molecule has 2 aromatic carbocycles. The average Bonchev–Trinajstić information content (AvgIpc) is 2.51. The van der Waals surface area contributed by atoms with Crippen molar-refractivity contribution in [1.29, 1.82) is 0 Å². The maximum absolute atomic E-state index is 12.4. The zero-order chi connectivity index (χ0) is 16.0. The Labute approximate surface area is 133 Å². The van der Waals surface area contributed by atoms with Crippen molar-refractivity contribution < 1.29 is 12.6 Å². The first-order valence-corrected chi connectivity index (χ1v) is 9.53. The van der Waals surface area contributed by atoms with Gasteiger partial charge in [0.1, 0.15) is 5.75 Å². The Balaban J connectivity index is 2.16. The lowest BCUT2D eigenvalue weighted by molar-refractivity contribution is 0.445. The highest BCUT2D eigenvalue weighted by Gasteiger charge is 2.20. The van der Waals surface area contributed by atoms with E-state index in [9.17, 15) is 8.42 Å². The maximum Gasteiger partial charge on any atom is 0.309 e. The van der Waals surface area contributed by atoms with Gasteiger partial charge in [-0.25, -0.2) is 0 Å². The maximum atomic E-state index is 12.4. The molecule has 0 aliphatic carbocycles. The minimum Gasteiger partial charge on any atom is -0.382 e. The van der Waals surface area contributed by atoms with Crippen LogP contribution in [0.4, 0.5) is 0 Å². The van der Waals surface area contributed by atoms with Crippen molar-refractivity contribution in [2.24, 2.45) is 5.92 Å². The Morgan fingerprint density at radius 1 is 1.05 bits per heavy atom. The molecule has 0 bridgehead atoms. The van der Waals surface area contributed by atoms with Crippen molar-refractivity contribution in [1.82, 2.24) is 0 Å². The van der Waals surface area contributed by atoms with Crippen LogP contribution in [0.15, 0.2) is 42.5 Å². The van der Waals surface area contributed by atoms with Crippen LogP contribution in [0.5, 0.6) is 5.75 Å². The fourth-order valence-electron chi connectivity index (χ4n) is 2.63. The van der Waals surface area contributed by atoms with E-state index in [1.807, 2.05) is 43.3 Å². The molecule has 3 nitrogen and oxygen atoms in total. The topological polar surface area (TPSA) is 43.4 Å². The Hall–Kier alpha value is -1.55. The van der Waals surface area contributed by atoms with Gasteiger partial charge in [-0.1, -0.05) is 69.5 Å². The van der Waals surface area contributed by atoms with E-state index in [-0.39, 0.29) is 11.7 Å². The molecule has 120 valence electrons. The fourth-order valence-corrected chi connectivity index (χ4v) is 4.09. The standard InChI is InChI=1S/C18H24O3S/c1-3-5-9-15(4-2)14-22(19,20)21-18-13-8-11-16-10-6-7-12-17(16)18/h6-8,10-13,15H,3-5,9,14H2,1-2H3. The van der Waals surface area contributed by atoms with Crippen LogP contribution in [0.1, 0.15) is 39.5 Å². The van der Waals surface area contributed by atoms with Crippen LogP contribution in [-0.2, 0) is 10.1 Å². The zero-order valence-electron chi connectivity index (χ0n) is 13.3. The summed E-state index contributed by atoms with van der Waals surface area (Å²) in [5.74, 6) is 0.676. The summed E-state index contributed by atoms with van der Waals surface area (Å²) in [4.78, 5) is 0. The van der Waals surface area contributed by atoms with Gasteiger partial charge in [0.25, 0.3) is 0 Å². The molecule has 0 aliphatic heterocycles. The lowest BCUT2D eigenvalue weighted by Crippen LogP contribution is -2.20. The van der Waals surface area contributed by atoms with Crippen molar-refractivity contribution in [3.05, 3.63) is 42.5 Å². The Morgan fingerprint density at radius 2 is 1.77 bits per heavy atom. The minimum atomic E-state index is -3.57. The molecular weight excluding hydrogens is 296 g/mol. The zero-order valence-corrected chi connectivity index (χ0v) is 14.1. The highest BCUT2D eigenvalue weighted by molar-refractivity contribution is 7.87. The molecule has 0 amide bonds. The van der Waals surface area contributed by atoms with Gasteiger partial charge < -0.3 is 4.18 Å². The van der Waals surface area contributed by atoms with E-state index in [1.54, 1.807) is 6.07 Å². The normalized spacial score (nSPS) is 13.2. The van der Waals surface area contributed by atoms with Crippen molar-refractivity contribution in [2.75, 3.05) is 5.75 Å². The molecule has 4 heteroatoms. The van der Waals surface area contributed by atoms with Gasteiger partial charge in [0.2, 0.25) is 0 Å². The Bertz CT molecular complexity index is 702. The van der Waals surface area contributed by atoms with Crippen molar-refractivity contribution in [3.63, 3.8) is 0 Å². The molecule has 1 atom stereocenters. The van der Waals surface area contributed by atoms with Crippen LogP contribution in [-0.4, -0.2) is 14.2 Å². The van der Waals surface area contributed by atoms with Crippen molar-refractivity contribution >= 4 is 20.9 Å². The highest BCUT2D eigenvalue weighted by atomic mass is 32.2. The van der Waals surface area contributed by atoms with E-state index in [1.165, 1.54) is 0 Å². The molecule has 0 aromatic heterocycles. The van der Waals surface area contributed by atoms with E-state index in [2.05, 4.69) is 6.92 Å². The number of benzene rings is 2. The summed E-state index contributed by atoms with van der Waals surface area (Å²) in [7, 11) is -3.57. The van der Waals surface area contributed by atoms with Gasteiger partial charge in [-0.05, 0) is 23.8 Å². The monoisotopic (exact) mass is 320 g/mol. The number of hydrogen-bond acceptors (Lipinski definition) is 3. The van der Waals surface area contributed by atoms with Gasteiger partial charge in [-0.2, -0.15) is 8.42 Å². The number of unbranched alkanes of at least 4 members (excludes halogenated alkanes) is 1. The summed E-state index contributed by atoms with van der Waals surface area (Å²) >= 11 is 0. The number of rotatable bonds is 8. The first kappa shape index (κ1) is 16.8. The third-order valence-electron chi connectivity index (χ3n) is 3.95. The molecule has 2 aromatic rings. The minimum absolute atomic E-state index is 0.0900. The summed E-state index contributed by atoms with van der Waals surface area (Å²) in [6.45, 7) is 4.15. The van der Waals surface area contributed by atoms with Gasteiger partial charge >= 0.3 is 10.1 Å². The molecular formula is C18H24O3S. The molecule has 0 heterocycles. The molecule has 0 spiro atoms. The highest BCUT2D eigenvalue weighted by Crippen LogP contribution is 2.27. The van der Waals surface area contributed by atoms with Crippen LogP contribution in [0.25, 0.3) is 10.8 Å². The van der Waals surface area contributed by atoms with E-state index in [0.717, 1.165) is 36.5 Å². The molecule has 0 radical (unpaired) electrons. The molecule has 2 rings (SSSR count). The molecule has 0 aliphatic rings. The number of hydrogen-bond donors (Lipinski definition) is 0. The third kappa shape index (κ3) is 4.47. The first-order chi connectivity index (χ1) is 10.6. The second kappa shape index (κ2) is 7.63. The predicted octanol–water partition coefficient (Wildman–Crippen LogP) is 4.76. The van der Waals surface area contributed by atoms with Gasteiger partial charge in [0.15, 0.2) is 0 Å². The van der Waals surface area contributed by atoms with Gasteiger partial charge in [0.05, 0.1) is 5.75 Å². The van der Waals surface area contributed by atoms with Gasteiger partial charge in [-0.15, -0.1) is 0 Å². The van der Waals surface area contributed by atoms with Crippen LogP contribution in [0, 0.1) is 5.92 Å². The Kier molecular flexibility index (Phi) is 5.83. The molecule has 22 heavy (non-hydrogen) atoms. The second-order valence-electron chi connectivity index (χ2n) is 5.70. The molecule has 0 fully saturated rings. The van der Waals surface area contributed by atoms with E-state index in [0.29, 0.717) is 5.75 Å². The lowest BCUT2D eigenvalue weighted by atomic mass is 10.0. The second-order valence-corrected chi connectivity index (χ2v) is 7.32. The quantitative estimate of drug-likeness (QED) is 0.658. The third-order valence-corrected chi connectivity index (χ3v) is 5.26. The van der Waals surface area contributed by atoms with Crippen LogP contribution in [0.2, 0.25) is 0 Å². The first-order valence-electron chi connectivity index (χ1n) is 7.95. The summed E-state index contributed by atoms with van der Waals surface area (Å²) < 4.78 is 30.1. The average molecular weight is 320 g/mol. The largest absolute Gasteiger partial charge is 0.382 e. The summed E-state index contributed by atoms with van der Waals surface area (Å²) in [6, 6.07) is 13.1. The van der Waals surface area contributed by atoms with E-state index >= 15 is 0 Å². The lowest BCUT2D eigenvalue weighted by Gasteiger charge is -2.15. The molecule has 0 saturated heterocycles. The fraction of sp³-hybridized carbons (Fsp3) is 0.444. The molecule has 1 unspecified atom stereocenters. The van der Waals surface area contributed by atoms with Crippen LogP contribution in [0.3, 0.4) is 0 Å². The predicted molar refractivity (Wildman–Crippen MR) is 91.7 cm³/mol. The summed E-state index contributed by atoms with van der Waals surface area (Å²) in [6.07, 6.45) is 3.94. The summed E-state index contributed by atoms with van der Waals surface area (Å²) in [5, 5.41) is 1.81. The SMILES string of the molecule is CCCCC(CC)CS(=O)(=O)Oc1cccc2ccccc12. The smallest absolute Gasteiger partial charge is 0.309 e. The Morgan fingerprint density at radius 3 is 2.50 bits per heavy atom. The van der Waals surface area contributed by atoms with Crippen LogP contribution >= 0.6 is 0 Å². The number of fused-ring (bicyclic) bond motifs is 1. The van der Waals surface area contributed by atoms with Crippen LogP contribution < -0.4 is 4.18 Å².